The molecule has 1 aromatic carbocycles. The van der Waals surface area contributed by atoms with Crippen molar-refractivity contribution in [2.75, 3.05) is 6.54 Å². The summed E-state index contributed by atoms with van der Waals surface area (Å²) in [5.74, 6) is -0.225. The van der Waals surface area contributed by atoms with Gasteiger partial charge in [0.25, 0.3) is 5.72 Å². The second-order valence-electron chi connectivity index (χ2n) is 3.86. The molecule has 16 heavy (non-hydrogen) atoms. The number of rotatable bonds is 2. The van der Waals surface area contributed by atoms with Gasteiger partial charge in [0.15, 0.2) is 6.54 Å². The maximum absolute atomic E-state index is 12.0. The van der Waals surface area contributed by atoms with Gasteiger partial charge in [0.2, 0.25) is 0 Å². The van der Waals surface area contributed by atoms with Crippen molar-refractivity contribution in [1.29, 1.82) is 0 Å². The summed E-state index contributed by atoms with van der Waals surface area (Å²) in [6.45, 7) is 2.78. The van der Waals surface area contributed by atoms with Gasteiger partial charge in [0.1, 0.15) is 0 Å². The Bertz CT molecular complexity index is 458. The van der Waals surface area contributed by atoms with E-state index in [4.69, 9.17) is 4.74 Å². The lowest BCUT2D eigenvalue weighted by atomic mass is 10.2. The molecule has 1 aliphatic heterocycles. The molecule has 6 heteroatoms. The van der Waals surface area contributed by atoms with Crippen molar-refractivity contribution in [2.45, 2.75) is 12.6 Å². The van der Waals surface area contributed by atoms with Crippen molar-refractivity contribution in [1.82, 2.24) is 0 Å². The van der Waals surface area contributed by atoms with Gasteiger partial charge in [0.05, 0.1) is 5.56 Å². The molecule has 0 spiro atoms. The summed E-state index contributed by atoms with van der Waals surface area (Å²) in [6, 6.07) is 3.92. The van der Waals surface area contributed by atoms with E-state index in [2.05, 4.69) is 67.8 Å². The fourth-order valence-electron chi connectivity index (χ4n) is 1.20. The number of ether oxygens (including phenoxy) is 1. The van der Waals surface area contributed by atoms with Gasteiger partial charge in [0, 0.05) is 17.6 Å². The maximum Gasteiger partial charge on any atom is 0.344 e. The Morgan fingerprint density at radius 2 is 2.06 bits per heavy atom. The summed E-state index contributed by atoms with van der Waals surface area (Å²) in [4.78, 5) is 12.0. The van der Waals surface area contributed by atoms with E-state index in [1.54, 1.807) is 0 Å². The first-order valence-corrected chi connectivity index (χ1v) is 7.87. The van der Waals surface area contributed by atoms with E-state index in [1.807, 2.05) is 24.4 Å². The number of hydrogen-bond acceptors (Lipinski definition) is 2. The standard InChI is InChI=1S/C10H8I3NO2/c1-10(4-14-10)16-9(15)6-2-5(11)3-7(12)8(6)13/h2-3,14H,4H2,1H3/p+1. The summed E-state index contributed by atoms with van der Waals surface area (Å²) in [6.07, 6.45) is 0. The zero-order valence-electron chi connectivity index (χ0n) is 8.39. The minimum absolute atomic E-state index is 0.225. The third-order valence-electron chi connectivity index (χ3n) is 2.32. The van der Waals surface area contributed by atoms with Crippen LogP contribution in [0.2, 0.25) is 0 Å². The molecule has 1 aliphatic rings. The Labute approximate surface area is 134 Å². The third kappa shape index (κ3) is 2.99. The average molecular weight is 556 g/mol. The van der Waals surface area contributed by atoms with E-state index < -0.39 is 0 Å². The Kier molecular flexibility index (Phi) is 4.02. The van der Waals surface area contributed by atoms with Gasteiger partial charge in [-0.2, -0.15) is 0 Å². The van der Waals surface area contributed by atoms with Crippen LogP contribution in [0.15, 0.2) is 12.1 Å². The Balaban J connectivity index is 2.28. The SMILES string of the molecule is CC1(OC(=O)c2cc(I)cc(I)c2I)C[NH2+]1. The summed E-state index contributed by atoms with van der Waals surface area (Å²) in [5, 5.41) is 2.00. The molecule has 1 heterocycles. The summed E-state index contributed by atoms with van der Waals surface area (Å²) in [7, 11) is 0. The van der Waals surface area contributed by atoms with E-state index in [9.17, 15) is 4.79 Å². The predicted molar refractivity (Wildman–Crippen MR) is 85.2 cm³/mol. The van der Waals surface area contributed by atoms with Gasteiger partial charge in [-0.05, 0) is 79.9 Å². The quantitative estimate of drug-likeness (QED) is 0.262. The molecule has 1 atom stereocenters. The van der Waals surface area contributed by atoms with Gasteiger partial charge >= 0.3 is 5.97 Å². The topological polar surface area (TPSA) is 42.9 Å². The molecule has 0 amide bonds. The lowest BCUT2D eigenvalue weighted by Crippen LogP contribution is -2.65. The first-order valence-electron chi connectivity index (χ1n) is 4.63. The summed E-state index contributed by atoms with van der Waals surface area (Å²) >= 11 is 6.63. The molecule has 0 bridgehead atoms. The fourth-order valence-corrected chi connectivity index (χ4v) is 3.57. The van der Waals surface area contributed by atoms with Crippen molar-refractivity contribution >= 4 is 73.7 Å². The minimum Gasteiger partial charge on any atom is -0.401 e. The molecule has 2 N–H and O–H groups in total. The minimum atomic E-state index is -0.327. The van der Waals surface area contributed by atoms with Crippen molar-refractivity contribution in [3.05, 3.63) is 28.4 Å². The van der Waals surface area contributed by atoms with Crippen LogP contribution in [0, 0.1) is 10.7 Å². The molecule has 0 aliphatic carbocycles. The third-order valence-corrected chi connectivity index (χ3v) is 5.99. The van der Waals surface area contributed by atoms with Crippen LogP contribution in [0.25, 0.3) is 0 Å². The van der Waals surface area contributed by atoms with E-state index in [1.165, 1.54) is 0 Å². The Morgan fingerprint density at radius 3 is 2.62 bits per heavy atom. The second kappa shape index (κ2) is 4.84. The fraction of sp³-hybridized carbons (Fsp3) is 0.300. The number of benzene rings is 1. The van der Waals surface area contributed by atoms with Crippen LogP contribution in [0.5, 0.6) is 0 Å². The van der Waals surface area contributed by atoms with Crippen LogP contribution in [0.4, 0.5) is 0 Å². The van der Waals surface area contributed by atoms with E-state index in [0.29, 0.717) is 5.56 Å². The highest BCUT2D eigenvalue weighted by Crippen LogP contribution is 2.24. The summed E-state index contributed by atoms with van der Waals surface area (Å²) in [5.41, 5.74) is 0.339. The highest BCUT2D eigenvalue weighted by atomic mass is 127. The molecule has 0 aromatic heterocycles. The highest BCUT2D eigenvalue weighted by molar-refractivity contribution is 14.1. The highest BCUT2D eigenvalue weighted by Gasteiger charge is 2.48. The zero-order chi connectivity index (χ0) is 11.9. The largest absolute Gasteiger partial charge is 0.401 e. The molecule has 1 saturated heterocycles. The number of esters is 1. The second-order valence-corrected chi connectivity index (χ2v) is 7.35. The van der Waals surface area contributed by atoms with Crippen molar-refractivity contribution in [2.24, 2.45) is 0 Å². The molecule has 2 rings (SSSR count). The smallest absolute Gasteiger partial charge is 0.344 e. The molecular weight excluding hydrogens is 547 g/mol. The van der Waals surface area contributed by atoms with E-state index in [0.717, 1.165) is 17.3 Å². The van der Waals surface area contributed by atoms with Gasteiger partial charge in [-0.1, -0.05) is 0 Å². The van der Waals surface area contributed by atoms with Crippen LogP contribution in [-0.2, 0) is 4.74 Å². The van der Waals surface area contributed by atoms with Crippen molar-refractivity contribution < 1.29 is 14.8 Å². The predicted octanol–water partition coefficient (Wildman–Crippen LogP) is 1.95. The van der Waals surface area contributed by atoms with Crippen molar-refractivity contribution in [3.8, 4) is 0 Å². The molecule has 3 nitrogen and oxygen atoms in total. The monoisotopic (exact) mass is 556 g/mol. The van der Waals surface area contributed by atoms with Crippen LogP contribution in [-0.4, -0.2) is 18.2 Å². The number of halogens is 3. The molecular formula is C10H9I3NO2+. The molecule has 0 saturated carbocycles. The molecule has 1 unspecified atom stereocenters. The first-order chi connectivity index (χ1) is 7.41. The molecule has 86 valence electrons. The number of hydrogen-bond donors (Lipinski definition) is 1. The van der Waals surface area contributed by atoms with E-state index >= 15 is 0 Å². The molecule has 1 fully saturated rings. The van der Waals surface area contributed by atoms with Gasteiger partial charge < -0.3 is 4.74 Å². The Morgan fingerprint density at radius 1 is 1.44 bits per heavy atom. The van der Waals surface area contributed by atoms with E-state index in [-0.39, 0.29) is 11.7 Å². The van der Waals surface area contributed by atoms with Gasteiger partial charge in [-0.3, -0.25) is 5.32 Å². The number of carbonyl (C=O) groups excluding carboxylic acids is 1. The normalized spacial score (nSPS) is 23.0. The zero-order valence-corrected chi connectivity index (χ0v) is 14.9. The molecule has 0 radical (unpaired) electrons. The van der Waals surface area contributed by atoms with Gasteiger partial charge in [-0.15, -0.1) is 0 Å². The number of quaternary nitrogens is 1. The maximum atomic E-state index is 12.0. The van der Waals surface area contributed by atoms with Crippen molar-refractivity contribution in [3.63, 3.8) is 0 Å². The lowest BCUT2D eigenvalue weighted by molar-refractivity contribution is -0.551. The van der Waals surface area contributed by atoms with Gasteiger partial charge in [-0.25, -0.2) is 4.79 Å². The lowest BCUT2D eigenvalue weighted by Gasteiger charge is -2.09. The van der Waals surface area contributed by atoms with Crippen LogP contribution in [0.3, 0.4) is 0 Å². The average Bonchev–Trinajstić information content (AvgIpc) is 2.89. The Hall–Kier alpha value is 0.840. The number of carbonyl (C=O) groups is 1. The molecule has 1 aromatic rings. The van der Waals surface area contributed by atoms with Crippen LogP contribution >= 0.6 is 67.8 Å². The van der Waals surface area contributed by atoms with Crippen LogP contribution < -0.4 is 5.32 Å². The van der Waals surface area contributed by atoms with Crippen LogP contribution in [0.1, 0.15) is 17.3 Å². The summed E-state index contributed by atoms with van der Waals surface area (Å²) < 4.78 is 8.53. The number of nitrogens with two attached hydrogens (primary N) is 1. The first kappa shape index (κ1) is 13.3.